The standard InChI is InChI=1S/C14H18NO2.C3H8S.6CO.2Fe/c1-10(2)14-13(9-16)11(3)17-15(14)12-7-5-4-6-8-12;1-2-3-4;6*1-2;;/h4-8,10-11,13-14H,1-3H3;4H,2-3H2,1H3;;;;;;;;/q-1;;;;;;;;;/p-1/t11-,13-,14+;;;;;;;;;/m0........./s1. The molecular formula is C23H25Fe2NO8S-2. The van der Waals surface area contributed by atoms with Gasteiger partial charge in [0.05, 0.1) is 11.8 Å². The summed E-state index contributed by atoms with van der Waals surface area (Å²) in [5.41, 5.74) is 0.996. The number of nitrogens with zero attached hydrogens (tertiary/aromatic N) is 1. The van der Waals surface area contributed by atoms with Crippen molar-refractivity contribution in [2.75, 3.05) is 10.8 Å². The van der Waals surface area contributed by atoms with E-state index in [9.17, 15) is 4.79 Å². The predicted molar refractivity (Wildman–Crippen MR) is 113 cm³/mol. The number of benzene rings is 1. The van der Waals surface area contributed by atoms with Gasteiger partial charge in [-0.05, 0) is 25.0 Å². The molecule has 0 radical (unpaired) electrons. The van der Waals surface area contributed by atoms with Gasteiger partial charge in [-0.2, -0.15) is 5.75 Å². The molecule has 35 heavy (non-hydrogen) atoms. The van der Waals surface area contributed by atoms with Crippen LogP contribution in [0.15, 0.2) is 30.3 Å². The topological polar surface area (TPSA) is 149 Å². The first-order valence-electron chi connectivity index (χ1n) is 8.76. The molecular weight excluding hydrogens is 562 g/mol. The molecule has 1 aliphatic rings. The minimum Gasteiger partial charge on any atom is 0 e. The van der Waals surface area contributed by atoms with Crippen molar-refractivity contribution in [2.24, 2.45) is 11.8 Å². The van der Waals surface area contributed by atoms with Crippen LogP contribution in [0.4, 0.5) is 5.69 Å². The third kappa shape index (κ3) is 26.9. The first kappa shape index (κ1) is 54.4. The van der Waals surface area contributed by atoms with Gasteiger partial charge in [-0.1, -0.05) is 51.3 Å². The second kappa shape index (κ2) is 49.6. The Kier molecular flexibility index (Phi) is 77.1. The molecule has 1 aromatic carbocycles. The molecule has 9 nitrogen and oxygen atoms in total. The van der Waals surface area contributed by atoms with Crippen molar-refractivity contribution >= 4 is 24.6 Å². The quantitative estimate of drug-likeness (QED) is 0.230. The zero-order chi connectivity index (χ0) is 27.8. The van der Waals surface area contributed by atoms with Crippen molar-refractivity contribution in [3.05, 3.63) is 70.2 Å². The average Bonchev–Trinajstić information content (AvgIpc) is 3.28. The summed E-state index contributed by atoms with van der Waals surface area (Å²) in [5.74, 6) is 1.06. The molecule has 194 valence electrons. The molecule has 1 fully saturated rings. The van der Waals surface area contributed by atoms with E-state index >= 15 is 0 Å². The number of anilines is 1. The Morgan fingerprint density at radius 1 is 0.914 bits per heavy atom. The van der Waals surface area contributed by atoms with Crippen LogP contribution in [0, 0.1) is 51.7 Å². The summed E-state index contributed by atoms with van der Waals surface area (Å²) in [4.78, 5) is 16.9. The van der Waals surface area contributed by atoms with E-state index in [2.05, 4.69) is 79.6 Å². The van der Waals surface area contributed by atoms with Gasteiger partial charge >= 0.3 is 67.8 Å². The molecule has 2 rings (SSSR count). The van der Waals surface area contributed by atoms with Crippen molar-refractivity contribution in [1.82, 2.24) is 0 Å². The van der Waals surface area contributed by atoms with Crippen LogP contribution in [-0.4, -0.2) is 24.2 Å². The second-order valence-corrected chi connectivity index (χ2v) is 5.96. The van der Waals surface area contributed by atoms with Crippen molar-refractivity contribution < 1.29 is 71.7 Å². The zero-order valence-electron chi connectivity index (χ0n) is 19.4. The molecule has 0 amide bonds. The van der Waals surface area contributed by atoms with Crippen LogP contribution in [-0.2, 0) is 84.3 Å². The van der Waals surface area contributed by atoms with Crippen LogP contribution in [0.5, 0.6) is 0 Å². The van der Waals surface area contributed by atoms with Gasteiger partial charge in [0.2, 0.25) is 0 Å². The summed E-state index contributed by atoms with van der Waals surface area (Å²) in [6.07, 6.45) is 3.15. The molecule has 1 aliphatic heterocycles. The predicted octanol–water partition coefficient (Wildman–Crippen LogP) is 3.29. The molecule has 1 aromatic rings. The molecule has 0 aliphatic carbocycles. The third-order valence-corrected chi connectivity index (χ3v) is 3.87. The van der Waals surface area contributed by atoms with Crippen LogP contribution >= 0.6 is 0 Å². The molecule has 0 unspecified atom stereocenters. The molecule has 0 saturated carbocycles. The van der Waals surface area contributed by atoms with Gasteiger partial charge in [-0.15, -0.1) is 0 Å². The van der Waals surface area contributed by atoms with Gasteiger partial charge in [0.25, 0.3) is 0 Å². The van der Waals surface area contributed by atoms with E-state index in [0.29, 0.717) is 5.92 Å². The smallest absolute Gasteiger partial charge is 0 e. The van der Waals surface area contributed by atoms with Crippen LogP contribution in [0.1, 0.15) is 34.1 Å². The maximum atomic E-state index is 11.1. The van der Waals surface area contributed by atoms with E-state index < -0.39 is 0 Å². The van der Waals surface area contributed by atoms with E-state index in [4.69, 9.17) is 32.8 Å². The molecule has 3 atom stereocenters. The van der Waals surface area contributed by atoms with Crippen molar-refractivity contribution in [1.29, 1.82) is 0 Å². The van der Waals surface area contributed by atoms with Crippen molar-refractivity contribution in [2.45, 2.75) is 46.3 Å². The molecule has 0 N–H and O–H groups in total. The van der Waals surface area contributed by atoms with Gasteiger partial charge in [0.1, 0.15) is 0 Å². The van der Waals surface area contributed by atoms with Crippen molar-refractivity contribution in [3.63, 3.8) is 0 Å². The van der Waals surface area contributed by atoms with Gasteiger partial charge in [-0.25, -0.2) is 0 Å². The summed E-state index contributed by atoms with van der Waals surface area (Å²) in [7, 11) is 0. The third-order valence-electron chi connectivity index (χ3n) is 3.46. The van der Waals surface area contributed by atoms with Crippen molar-refractivity contribution in [3.8, 4) is 0 Å². The fourth-order valence-corrected chi connectivity index (χ4v) is 2.40. The zero-order valence-corrected chi connectivity index (χ0v) is 22.5. The van der Waals surface area contributed by atoms with Crippen LogP contribution in [0.2, 0.25) is 0 Å². The number of carbonyl (C=O) groups excluding carboxylic acids is 1. The maximum absolute atomic E-state index is 11.1. The number of hydrogen-bond acceptors (Lipinski definition) is 4. The van der Waals surface area contributed by atoms with E-state index in [1.54, 1.807) is 0 Å². The fraction of sp³-hybridized carbons (Fsp3) is 0.435. The normalized spacial score (nSPS) is 15.1. The van der Waals surface area contributed by atoms with Gasteiger partial charge in [0.15, 0.2) is 0 Å². The van der Waals surface area contributed by atoms with E-state index in [1.165, 1.54) is 0 Å². The summed E-state index contributed by atoms with van der Waals surface area (Å²) in [6, 6.07) is 9.96. The Bertz CT molecular complexity index is 616. The van der Waals surface area contributed by atoms with Gasteiger partial charge in [-0.3, -0.25) is 16.2 Å². The first-order chi connectivity index (χ1) is 16.1. The Morgan fingerprint density at radius 2 is 1.26 bits per heavy atom. The Hall–Kier alpha value is -1.52. The Morgan fingerprint density at radius 3 is 1.51 bits per heavy atom. The monoisotopic (exact) mass is 587 g/mol. The maximum Gasteiger partial charge on any atom is 0 e. The summed E-state index contributed by atoms with van der Waals surface area (Å²) < 4.78 is 45.0. The molecule has 0 bridgehead atoms. The largest absolute Gasteiger partial charge is 0 e. The Labute approximate surface area is 234 Å². The second-order valence-electron chi connectivity index (χ2n) is 5.55. The molecule has 0 spiro atoms. The molecule has 12 heteroatoms. The van der Waals surface area contributed by atoms with E-state index in [0.717, 1.165) is 17.9 Å². The van der Waals surface area contributed by atoms with Crippen LogP contribution < -0.4 is 5.06 Å². The van der Waals surface area contributed by atoms with E-state index in [1.807, 2.05) is 42.3 Å². The fourth-order valence-electron chi connectivity index (χ4n) is 2.40. The molecule has 1 saturated heterocycles. The Balaban J connectivity index is -0.0000000575. The molecule has 1 heterocycles. The first-order valence-corrected chi connectivity index (χ1v) is 9.33. The number of hydrogen-bond donors (Lipinski definition) is 0. The van der Waals surface area contributed by atoms with Crippen LogP contribution in [0.3, 0.4) is 0 Å². The number of para-hydroxylation sites is 1. The minimum absolute atomic E-state index is 0. The van der Waals surface area contributed by atoms with Gasteiger partial charge in [0, 0.05) is 40.2 Å². The summed E-state index contributed by atoms with van der Waals surface area (Å²) in [5, 5.41) is 1.87. The summed E-state index contributed by atoms with van der Waals surface area (Å²) >= 11 is 4.55. The number of hydroxylamine groups is 1. The minimum atomic E-state index is -0.185. The SMILES string of the molecule is CC(C)[C@@H]1[C@@H]([C-]=O)[C@H](C)ON1c1ccccc1.CCC[S-].[C-]#[O+].[C-]#[O+].[C-]#[O+].[C-]#[O+].[C-]#[O+].[C-]#[O+].[Fe].[Fe]. The van der Waals surface area contributed by atoms with Gasteiger partial charge < -0.3 is 17.4 Å². The number of rotatable bonds is 4. The summed E-state index contributed by atoms with van der Waals surface area (Å²) in [6.45, 7) is 35.2. The van der Waals surface area contributed by atoms with E-state index in [-0.39, 0.29) is 52.2 Å². The molecule has 0 aromatic heterocycles. The average molecular weight is 587 g/mol. The van der Waals surface area contributed by atoms with Crippen LogP contribution in [0.25, 0.3) is 0 Å².